The fourth-order valence-corrected chi connectivity index (χ4v) is 2.58. The lowest BCUT2D eigenvalue weighted by molar-refractivity contribution is 0.359. The SMILES string of the molecule is CN=C(NCc1ccn[nH]1)NCC(C)(C)Cc1cccc(Cl)c1.I. The van der Waals surface area contributed by atoms with Crippen LogP contribution in [0.4, 0.5) is 0 Å². The standard InChI is InChI=1S/C17H24ClN5.HI/c1-17(2,10-13-5-4-6-14(18)9-13)12-21-16(19-3)20-11-15-7-8-22-23-15;/h4-9H,10-12H2,1-3H3,(H,22,23)(H2,19,20,21);1H. The fourth-order valence-electron chi connectivity index (χ4n) is 2.37. The van der Waals surface area contributed by atoms with Crippen molar-refractivity contribution in [2.24, 2.45) is 10.4 Å². The molecule has 0 aliphatic carbocycles. The average molecular weight is 462 g/mol. The number of aromatic amines is 1. The van der Waals surface area contributed by atoms with Gasteiger partial charge in [0, 0.05) is 24.8 Å². The number of aliphatic imine (C=N–C) groups is 1. The molecule has 5 nitrogen and oxygen atoms in total. The summed E-state index contributed by atoms with van der Waals surface area (Å²) in [5.74, 6) is 0.777. The minimum absolute atomic E-state index is 0. The van der Waals surface area contributed by atoms with Gasteiger partial charge in [-0.05, 0) is 35.6 Å². The zero-order valence-electron chi connectivity index (χ0n) is 14.3. The van der Waals surface area contributed by atoms with Gasteiger partial charge in [-0.25, -0.2) is 0 Å². The second kappa shape index (κ2) is 9.88. The largest absolute Gasteiger partial charge is 0.356 e. The molecule has 0 amide bonds. The molecular weight excluding hydrogens is 437 g/mol. The van der Waals surface area contributed by atoms with Gasteiger partial charge in [-0.1, -0.05) is 37.6 Å². The monoisotopic (exact) mass is 461 g/mol. The quantitative estimate of drug-likeness (QED) is 0.350. The molecule has 2 rings (SSSR count). The number of nitrogens with zero attached hydrogens (tertiary/aromatic N) is 2. The number of halogens is 2. The molecule has 1 aromatic heterocycles. The maximum Gasteiger partial charge on any atom is 0.191 e. The predicted molar refractivity (Wildman–Crippen MR) is 111 cm³/mol. The molecule has 0 fully saturated rings. The van der Waals surface area contributed by atoms with E-state index in [1.165, 1.54) is 5.56 Å². The van der Waals surface area contributed by atoms with E-state index in [4.69, 9.17) is 11.6 Å². The molecule has 0 unspecified atom stereocenters. The first-order valence-corrected chi connectivity index (χ1v) is 8.03. The van der Waals surface area contributed by atoms with E-state index in [1.807, 2.05) is 24.3 Å². The van der Waals surface area contributed by atoms with Crippen molar-refractivity contribution in [1.82, 2.24) is 20.8 Å². The number of benzene rings is 1. The van der Waals surface area contributed by atoms with Crippen molar-refractivity contribution in [1.29, 1.82) is 0 Å². The Kier molecular flexibility index (Phi) is 8.55. The molecule has 2 aromatic rings. The fraction of sp³-hybridized carbons (Fsp3) is 0.412. The number of H-pyrrole nitrogens is 1. The maximum absolute atomic E-state index is 6.06. The average Bonchev–Trinajstić information content (AvgIpc) is 3.00. The number of aromatic nitrogens is 2. The van der Waals surface area contributed by atoms with Gasteiger partial charge in [0.25, 0.3) is 0 Å². The molecular formula is C17H25ClIN5. The van der Waals surface area contributed by atoms with Crippen molar-refractivity contribution in [3.05, 3.63) is 52.8 Å². The lowest BCUT2D eigenvalue weighted by Gasteiger charge is -2.26. The van der Waals surface area contributed by atoms with E-state index in [9.17, 15) is 0 Å². The van der Waals surface area contributed by atoms with Gasteiger partial charge in [0.15, 0.2) is 5.96 Å². The summed E-state index contributed by atoms with van der Waals surface area (Å²) in [5.41, 5.74) is 2.34. The highest BCUT2D eigenvalue weighted by Crippen LogP contribution is 2.22. The smallest absolute Gasteiger partial charge is 0.191 e. The van der Waals surface area contributed by atoms with Gasteiger partial charge in [0.2, 0.25) is 0 Å². The van der Waals surface area contributed by atoms with Gasteiger partial charge < -0.3 is 10.6 Å². The highest BCUT2D eigenvalue weighted by Gasteiger charge is 2.19. The molecule has 0 bridgehead atoms. The Bertz CT molecular complexity index is 640. The van der Waals surface area contributed by atoms with E-state index in [1.54, 1.807) is 13.2 Å². The third-order valence-electron chi connectivity index (χ3n) is 3.53. The number of guanidine groups is 1. The van der Waals surface area contributed by atoms with E-state index < -0.39 is 0 Å². The van der Waals surface area contributed by atoms with E-state index in [-0.39, 0.29) is 29.4 Å². The summed E-state index contributed by atoms with van der Waals surface area (Å²) in [5, 5.41) is 14.3. The minimum Gasteiger partial charge on any atom is -0.356 e. The van der Waals surface area contributed by atoms with E-state index in [0.717, 1.165) is 29.6 Å². The van der Waals surface area contributed by atoms with Crippen LogP contribution in [0, 0.1) is 5.41 Å². The van der Waals surface area contributed by atoms with Crippen molar-refractivity contribution in [2.75, 3.05) is 13.6 Å². The first-order valence-electron chi connectivity index (χ1n) is 7.66. The Hall–Kier alpha value is -1.28. The number of rotatable bonds is 6. The second-order valence-electron chi connectivity index (χ2n) is 6.33. The van der Waals surface area contributed by atoms with Crippen LogP contribution in [-0.2, 0) is 13.0 Å². The van der Waals surface area contributed by atoms with Crippen molar-refractivity contribution in [3.63, 3.8) is 0 Å². The molecule has 3 N–H and O–H groups in total. The van der Waals surface area contributed by atoms with Crippen LogP contribution >= 0.6 is 35.6 Å². The normalized spacial score (nSPS) is 11.8. The summed E-state index contributed by atoms with van der Waals surface area (Å²) in [6.45, 7) is 5.92. The molecule has 0 aliphatic heterocycles. The predicted octanol–water partition coefficient (Wildman–Crippen LogP) is 3.62. The molecule has 1 aromatic carbocycles. The van der Waals surface area contributed by atoms with Gasteiger partial charge in [0.1, 0.15) is 0 Å². The van der Waals surface area contributed by atoms with Crippen molar-refractivity contribution in [3.8, 4) is 0 Å². The Labute approximate surface area is 165 Å². The van der Waals surface area contributed by atoms with Crippen LogP contribution in [0.2, 0.25) is 5.02 Å². The van der Waals surface area contributed by atoms with Crippen LogP contribution in [-0.4, -0.2) is 29.7 Å². The Morgan fingerprint density at radius 3 is 2.71 bits per heavy atom. The van der Waals surface area contributed by atoms with Crippen LogP contribution in [0.3, 0.4) is 0 Å². The van der Waals surface area contributed by atoms with Crippen LogP contribution in [0.1, 0.15) is 25.1 Å². The third-order valence-corrected chi connectivity index (χ3v) is 3.77. The first-order chi connectivity index (χ1) is 11.0. The summed E-state index contributed by atoms with van der Waals surface area (Å²) < 4.78 is 0. The van der Waals surface area contributed by atoms with E-state index in [0.29, 0.717) is 6.54 Å². The van der Waals surface area contributed by atoms with Gasteiger partial charge in [0.05, 0.1) is 12.2 Å². The van der Waals surface area contributed by atoms with Gasteiger partial charge >= 0.3 is 0 Å². The molecule has 7 heteroatoms. The van der Waals surface area contributed by atoms with E-state index >= 15 is 0 Å². The molecule has 0 aliphatic rings. The summed E-state index contributed by atoms with van der Waals surface area (Å²) in [4.78, 5) is 4.25. The Morgan fingerprint density at radius 2 is 2.08 bits per heavy atom. The molecule has 0 radical (unpaired) electrons. The topological polar surface area (TPSA) is 65.1 Å². The zero-order valence-corrected chi connectivity index (χ0v) is 17.4. The summed E-state index contributed by atoms with van der Waals surface area (Å²) in [6, 6.07) is 9.96. The van der Waals surface area contributed by atoms with Crippen LogP contribution in [0.5, 0.6) is 0 Å². The molecule has 0 saturated heterocycles. The molecule has 0 saturated carbocycles. The van der Waals surface area contributed by atoms with Crippen LogP contribution in [0.15, 0.2) is 41.5 Å². The number of nitrogens with one attached hydrogen (secondary N) is 3. The minimum atomic E-state index is 0. The lowest BCUT2D eigenvalue weighted by atomic mass is 9.86. The Morgan fingerprint density at radius 1 is 1.29 bits per heavy atom. The lowest BCUT2D eigenvalue weighted by Crippen LogP contribution is -2.42. The summed E-state index contributed by atoms with van der Waals surface area (Å²) in [6.07, 6.45) is 2.68. The summed E-state index contributed by atoms with van der Waals surface area (Å²) >= 11 is 6.06. The van der Waals surface area contributed by atoms with Crippen LogP contribution < -0.4 is 10.6 Å². The number of hydrogen-bond donors (Lipinski definition) is 3. The van der Waals surface area contributed by atoms with Crippen LogP contribution in [0.25, 0.3) is 0 Å². The van der Waals surface area contributed by atoms with Gasteiger partial charge in [-0.3, -0.25) is 10.1 Å². The molecule has 24 heavy (non-hydrogen) atoms. The van der Waals surface area contributed by atoms with Crippen molar-refractivity contribution < 1.29 is 0 Å². The number of hydrogen-bond acceptors (Lipinski definition) is 2. The second-order valence-corrected chi connectivity index (χ2v) is 6.77. The van der Waals surface area contributed by atoms with Crippen molar-refractivity contribution in [2.45, 2.75) is 26.8 Å². The van der Waals surface area contributed by atoms with E-state index in [2.05, 4.69) is 45.7 Å². The molecule has 1 heterocycles. The highest BCUT2D eigenvalue weighted by atomic mass is 127. The highest BCUT2D eigenvalue weighted by molar-refractivity contribution is 14.0. The molecule has 0 atom stereocenters. The maximum atomic E-state index is 6.06. The molecule has 0 spiro atoms. The van der Waals surface area contributed by atoms with Gasteiger partial charge in [-0.2, -0.15) is 5.10 Å². The zero-order chi connectivity index (χ0) is 16.7. The Balaban J connectivity index is 0.00000288. The summed E-state index contributed by atoms with van der Waals surface area (Å²) in [7, 11) is 1.77. The van der Waals surface area contributed by atoms with Crippen molar-refractivity contribution >= 4 is 41.5 Å². The first kappa shape index (κ1) is 20.8. The third kappa shape index (κ3) is 7.09. The van der Waals surface area contributed by atoms with Gasteiger partial charge in [-0.15, -0.1) is 24.0 Å². The molecule has 132 valence electrons.